The molecule has 2 N–H and O–H groups in total. The summed E-state index contributed by atoms with van der Waals surface area (Å²) in [5.74, 6) is 0.544. The van der Waals surface area contributed by atoms with Crippen molar-refractivity contribution in [3.63, 3.8) is 0 Å². The molecule has 158 valence electrons. The second-order valence-corrected chi connectivity index (χ2v) is 8.25. The minimum atomic E-state index is 0. The highest BCUT2D eigenvalue weighted by atomic mass is 35.5. The van der Waals surface area contributed by atoms with E-state index in [9.17, 15) is 0 Å². The highest BCUT2D eigenvalue weighted by Gasteiger charge is 2.21. The monoisotopic (exact) mass is 429 g/mol. The molecule has 0 unspecified atom stereocenters. The van der Waals surface area contributed by atoms with Gasteiger partial charge in [0, 0.05) is 35.2 Å². The van der Waals surface area contributed by atoms with Gasteiger partial charge in [-0.3, -0.25) is 4.98 Å². The molecule has 5 rings (SSSR count). The van der Waals surface area contributed by atoms with Crippen molar-refractivity contribution in [2.45, 2.75) is 44.6 Å². The fourth-order valence-corrected chi connectivity index (χ4v) is 4.68. The van der Waals surface area contributed by atoms with Crippen LogP contribution < -0.4 is 5.73 Å². The van der Waals surface area contributed by atoms with Gasteiger partial charge in [0.05, 0.1) is 16.9 Å². The molecule has 2 heterocycles. The smallest absolute Gasteiger partial charge is 0.0788 e. The molecular formula is C27H28ClN3. The fourth-order valence-electron chi connectivity index (χ4n) is 4.68. The van der Waals surface area contributed by atoms with E-state index in [2.05, 4.69) is 60.7 Å². The molecule has 1 saturated carbocycles. The van der Waals surface area contributed by atoms with Crippen LogP contribution in [-0.2, 0) is 6.54 Å². The summed E-state index contributed by atoms with van der Waals surface area (Å²) in [5.41, 5.74) is 13.7. The number of nitrogens with zero attached hydrogens (tertiary/aromatic N) is 2. The first kappa shape index (κ1) is 21.5. The van der Waals surface area contributed by atoms with Crippen LogP contribution in [0.25, 0.3) is 33.3 Å². The van der Waals surface area contributed by atoms with Crippen LogP contribution in [0.2, 0.25) is 0 Å². The van der Waals surface area contributed by atoms with Gasteiger partial charge < -0.3 is 5.73 Å². The Balaban J connectivity index is 0.00000231. The summed E-state index contributed by atoms with van der Waals surface area (Å²) >= 11 is 0. The third-order valence-corrected chi connectivity index (χ3v) is 6.31. The molecule has 1 aliphatic rings. The highest BCUT2D eigenvalue weighted by molar-refractivity contribution is 5.92. The molecule has 0 spiro atoms. The Bertz CT molecular complexity index is 1150. The van der Waals surface area contributed by atoms with Gasteiger partial charge in [-0.2, -0.15) is 0 Å². The SMILES string of the molecule is Cl.NCc1ccc(-c2nc3ccnc(C4CCCCC4)c3cc2-c2ccccc2)cc1. The number of halogens is 1. The molecule has 0 radical (unpaired) electrons. The third-order valence-electron chi connectivity index (χ3n) is 6.31. The minimum absolute atomic E-state index is 0. The van der Waals surface area contributed by atoms with Gasteiger partial charge in [0.2, 0.25) is 0 Å². The topological polar surface area (TPSA) is 51.8 Å². The number of benzene rings is 2. The van der Waals surface area contributed by atoms with Crippen molar-refractivity contribution in [2.75, 3.05) is 0 Å². The number of rotatable bonds is 4. The van der Waals surface area contributed by atoms with Crippen molar-refractivity contribution in [1.29, 1.82) is 0 Å². The molecule has 2 aromatic heterocycles. The van der Waals surface area contributed by atoms with Gasteiger partial charge in [0.15, 0.2) is 0 Å². The molecule has 4 heteroatoms. The van der Waals surface area contributed by atoms with Crippen molar-refractivity contribution < 1.29 is 0 Å². The first-order chi connectivity index (χ1) is 14.8. The lowest BCUT2D eigenvalue weighted by atomic mass is 9.85. The molecule has 0 bridgehead atoms. The van der Waals surface area contributed by atoms with E-state index in [0.717, 1.165) is 27.9 Å². The van der Waals surface area contributed by atoms with E-state index in [1.165, 1.54) is 48.7 Å². The lowest BCUT2D eigenvalue weighted by molar-refractivity contribution is 0.439. The van der Waals surface area contributed by atoms with E-state index in [1.807, 2.05) is 12.3 Å². The average molecular weight is 430 g/mol. The van der Waals surface area contributed by atoms with Gasteiger partial charge in [-0.15, -0.1) is 12.4 Å². The summed E-state index contributed by atoms with van der Waals surface area (Å²) in [5, 5.41) is 1.20. The molecule has 0 saturated heterocycles. The van der Waals surface area contributed by atoms with E-state index in [0.29, 0.717) is 12.5 Å². The zero-order valence-corrected chi connectivity index (χ0v) is 18.4. The van der Waals surface area contributed by atoms with Crippen LogP contribution in [0.15, 0.2) is 72.9 Å². The van der Waals surface area contributed by atoms with E-state index >= 15 is 0 Å². The zero-order valence-electron chi connectivity index (χ0n) is 17.6. The Kier molecular flexibility index (Phi) is 6.64. The van der Waals surface area contributed by atoms with E-state index in [-0.39, 0.29) is 12.4 Å². The summed E-state index contributed by atoms with van der Waals surface area (Å²) in [6, 6.07) is 23.4. The highest BCUT2D eigenvalue weighted by Crippen LogP contribution is 2.38. The van der Waals surface area contributed by atoms with Crippen LogP contribution >= 0.6 is 12.4 Å². The van der Waals surface area contributed by atoms with Crippen LogP contribution in [-0.4, -0.2) is 9.97 Å². The second kappa shape index (κ2) is 9.59. The maximum Gasteiger partial charge on any atom is 0.0788 e. The second-order valence-electron chi connectivity index (χ2n) is 8.25. The number of aromatic nitrogens is 2. The molecule has 0 amide bonds. The van der Waals surface area contributed by atoms with E-state index < -0.39 is 0 Å². The van der Waals surface area contributed by atoms with Crippen LogP contribution in [0.1, 0.15) is 49.3 Å². The normalized spacial score (nSPS) is 14.4. The minimum Gasteiger partial charge on any atom is -0.326 e. The summed E-state index contributed by atoms with van der Waals surface area (Å²) in [4.78, 5) is 10.00. The summed E-state index contributed by atoms with van der Waals surface area (Å²) in [6.07, 6.45) is 8.34. The maximum absolute atomic E-state index is 5.80. The van der Waals surface area contributed by atoms with Gasteiger partial charge in [-0.05, 0) is 36.1 Å². The lowest BCUT2D eigenvalue weighted by Crippen LogP contribution is -2.07. The number of pyridine rings is 2. The molecule has 0 aliphatic heterocycles. The molecule has 2 aromatic carbocycles. The lowest BCUT2D eigenvalue weighted by Gasteiger charge is -2.23. The Morgan fingerprint density at radius 3 is 2.29 bits per heavy atom. The van der Waals surface area contributed by atoms with Crippen LogP contribution in [0, 0.1) is 0 Å². The van der Waals surface area contributed by atoms with Crippen molar-refractivity contribution in [3.8, 4) is 22.4 Å². The van der Waals surface area contributed by atoms with E-state index in [4.69, 9.17) is 15.7 Å². The van der Waals surface area contributed by atoms with Gasteiger partial charge in [0.25, 0.3) is 0 Å². The Labute approximate surface area is 190 Å². The van der Waals surface area contributed by atoms with Gasteiger partial charge in [-0.1, -0.05) is 73.9 Å². The Morgan fingerprint density at radius 1 is 0.839 bits per heavy atom. The first-order valence-corrected chi connectivity index (χ1v) is 11.0. The predicted octanol–water partition coefficient (Wildman–Crippen LogP) is 6.89. The molecular weight excluding hydrogens is 402 g/mol. The largest absolute Gasteiger partial charge is 0.326 e. The first-order valence-electron chi connectivity index (χ1n) is 11.0. The molecule has 4 aromatic rings. The van der Waals surface area contributed by atoms with Crippen molar-refractivity contribution >= 4 is 23.3 Å². The van der Waals surface area contributed by atoms with Gasteiger partial charge in [-0.25, -0.2) is 4.98 Å². The Hall–Kier alpha value is -2.75. The number of hydrogen-bond acceptors (Lipinski definition) is 3. The molecule has 3 nitrogen and oxygen atoms in total. The number of nitrogens with two attached hydrogens (primary N) is 1. The fraction of sp³-hybridized carbons (Fsp3) is 0.259. The standard InChI is InChI=1S/C27H27N3.ClH/c28-18-19-11-13-22(14-12-19)27-23(20-7-3-1-4-8-20)17-24-25(30-27)15-16-29-26(24)21-9-5-2-6-10-21;/h1,3-4,7-8,11-17,21H,2,5-6,9-10,18,28H2;1H. The van der Waals surface area contributed by atoms with Gasteiger partial charge >= 0.3 is 0 Å². The number of fused-ring (bicyclic) bond motifs is 1. The summed E-state index contributed by atoms with van der Waals surface area (Å²) in [7, 11) is 0. The van der Waals surface area contributed by atoms with Crippen LogP contribution in [0.5, 0.6) is 0 Å². The van der Waals surface area contributed by atoms with Crippen molar-refractivity contribution in [2.24, 2.45) is 5.73 Å². The van der Waals surface area contributed by atoms with Gasteiger partial charge in [0.1, 0.15) is 0 Å². The molecule has 0 atom stereocenters. The van der Waals surface area contributed by atoms with Crippen molar-refractivity contribution in [3.05, 3.63) is 84.2 Å². The van der Waals surface area contributed by atoms with E-state index in [1.54, 1.807) is 0 Å². The number of hydrogen-bond donors (Lipinski definition) is 1. The molecule has 31 heavy (non-hydrogen) atoms. The maximum atomic E-state index is 5.80. The molecule has 1 aliphatic carbocycles. The van der Waals surface area contributed by atoms with Crippen molar-refractivity contribution in [1.82, 2.24) is 9.97 Å². The molecule has 1 fully saturated rings. The quantitative estimate of drug-likeness (QED) is 0.384. The average Bonchev–Trinajstić information content (AvgIpc) is 2.84. The third kappa shape index (κ3) is 4.34. The summed E-state index contributed by atoms with van der Waals surface area (Å²) < 4.78 is 0. The van der Waals surface area contributed by atoms with Crippen LogP contribution in [0.3, 0.4) is 0 Å². The summed E-state index contributed by atoms with van der Waals surface area (Å²) in [6.45, 7) is 0.549. The Morgan fingerprint density at radius 2 is 1.58 bits per heavy atom. The predicted molar refractivity (Wildman–Crippen MR) is 131 cm³/mol. The van der Waals surface area contributed by atoms with Crippen LogP contribution in [0.4, 0.5) is 0 Å². The zero-order chi connectivity index (χ0) is 20.3.